The highest BCUT2D eigenvalue weighted by atomic mass is 79.9. The Kier molecular flexibility index (Phi) is 4.88. The van der Waals surface area contributed by atoms with Crippen LogP contribution in [0.15, 0.2) is 16.6 Å². The fourth-order valence-electron chi connectivity index (χ4n) is 2.16. The molecule has 1 aromatic rings. The van der Waals surface area contributed by atoms with Gasteiger partial charge in [0.2, 0.25) is 0 Å². The quantitative estimate of drug-likeness (QED) is 0.824. The highest BCUT2D eigenvalue weighted by Gasteiger charge is 2.30. The normalized spacial score (nSPS) is 14.4. The van der Waals surface area contributed by atoms with Crippen molar-refractivity contribution >= 4 is 21.9 Å². The van der Waals surface area contributed by atoms with Gasteiger partial charge in [-0.2, -0.15) is 0 Å². The molecule has 1 aliphatic rings. The molecule has 6 heteroatoms. The van der Waals surface area contributed by atoms with Crippen molar-refractivity contribution in [3.63, 3.8) is 0 Å². The molecular weight excluding hydrogens is 326 g/mol. The Hall–Kier alpha value is -1.27. The summed E-state index contributed by atoms with van der Waals surface area (Å²) in [6.07, 6.45) is 2.14. The predicted octanol–water partition coefficient (Wildman–Crippen LogP) is 2.52. The molecule has 0 spiro atoms. The van der Waals surface area contributed by atoms with E-state index in [2.05, 4.69) is 15.9 Å². The summed E-state index contributed by atoms with van der Waals surface area (Å²) in [5.74, 6) is 0.504. The van der Waals surface area contributed by atoms with Crippen LogP contribution in [-0.4, -0.2) is 42.8 Å². The van der Waals surface area contributed by atoms with Crippen LogP contribution < -0.4 is 9.47 Å². The third-order valence-electron chi connectivity index (χ3n) is 3.33. The third-order valence-corrected chi connectivity index (χ3v) is 4.07. The van der Waals surface area contributed by atoms with Gasteiger partial charge in [-0.1, -0.05) is 15.9 Å². The average Bonchev–Trinajstić information content (AvgIpc) is 3.23. The van der Waals surface area contributed by atoms with Gasteiger partial charge in [0.15, 0.2) is 11.5 Å². The molecule has 1 N–H and O–H groups in total. The first kappa shape index (κ1) is 15.1. The Bertz CT molecular complexity index is 502. The number of carbonyl (C=O) groups is 1. The summed E-state index contributed by atoms with van der Waals surface area (Å²) in [5, 5.41) is 8.99. The van der Waals surface area contributed by atoms with E-state index in [1.165, 1.54) is 0 Å². The molecule has 20 heavy (non-hydrogen) atoms. The molecule has 5 nitrogen and oxygen atoms in total. The molecule has 0 atom stereocenters. The van der Waals surface area contributed by atoms with Crippen molar-refractivity contribution in [1.82, 2.24) is 4.90 Å². The van der Waals surface area contributed by atoms with Gasteiger partial charge in [-0.15, -0.1) is 0 Å². The third kappa shape index (κ3) is 3.64. The van der Waals surface area contributed by atoms with Crippen molar-refractivity contribution in [1.29, 1.82) is 0 Å². The molecule has 0 bridgehead atoms. The smallest absolute Gasteiger partial charge is 0.317 e. The van der Waals surface area contributed by atoms with Crippen LogP contribution >= 0.6 is 15.9 Å². The van der Waals surface area contributed by atoms with Gasteiger partial charge in [0.05, 0.1) is 20.8 Å². The van der Waals surface area contributed by atoms with Crippen molar-refractivity contribution in [2.75, 3.05) is 20.8 Å². The number of benzene rings is 1. The second-order valence-electron chi connectivity index (χ2n) is 4.83. The van der Waals surface area contributed by atoms with Crippen LogP contribution in [-0.2, 0) is 11.3 Å². The lowest BCUT2D eigenvalue weighted by molar-refractivity contribution is -0.138. The minimum absolute atomic E-state index is 0.0610. The maximum absolute atomic E-state index is 10.9. The monoisotopic (exact) mass is 343 g/mol. The fourth-order valence-corrected chi connectivity index (χ4v) is 2.61. The molecule has 0 aliphatic heterocycles. The summed E-state index contributed by atoms with van der Waals surface area (Å²) >= 11 is 3.51. The van der Waals surface area contributed by atoms with E-state index in [0.717, 1.165) is 22.9 Å². The Labute approximate surface area is 126 Å². The van der Waals surface area contributed by atoms with E-state index in [1.807, 2.05) is 17.0 Å². The van der Waals surface area contributed by atoms with Gasteiger partial charge >= 0.3 is 5.97 Å². The maximum atomic E-state index is 10.9. The van der Waals surface area contributed by atoms with Crippen molar-refractivity contribution in [3.8, 4) is 11.5 Å². The molecule has 1 aromatic carbocycles. The van der Waals surface area contributed by atoms with Crippen LogP contribution in [0.4, 0.5) is 0 Å². The maximum Gasteiger partial charge on any atom is 0.317 e. The molecule has 0 aromatic heterocycles. The number of halogens is 1. The minimum Gasteiger partial charge on any atom is -0.493 e. The van der Waals surface area contributed by atoms with Crippen LogP contribution in [0.2, 0.25) is 0 Å². The standard InChI is InChI=1S/C14H18BrNO4/c1-19-12-5-9(11(15)6-13(12)20-2)7-16(8-14(17)18)10-3-4-10/h5-6,10H,3-4,7-8H2,1-2H3,(H,17,18). The Morgan fingerprint density at radius 1 is 1.35 bits per heavy atom. The summed E-state index contributed by atoms with van der Waals surface area (Å²) in [6.45, 7) is 0.642. The lowest BCUT2D eigenvalue weighted by Gasteiger charge is -2.21. The molecule has 110 valence electrons. The molecule has 1 fully saturated rings. The van der Waals surface area contributed by atoms with E-state index >= 15 is 0 Å². The number of nitrogens with zero attached hydrogens (tertiary/aromatic N) is 1. The van der Waals surface area contributed by atoms with Crippen LogP contribution in [0.3, 0.4) is 0 Å². The SMILES string of the molecule is COc1cc(Br)c(CN(CC(=O)O)C2CC2)cc1OC. The van der Waals surface area contributed by atoms with Crippen LogP contribution in [0.5, 0.6) is 11.5 Å². The van der Waals surface area contributed by atoms with Gasteiger partial charge in [-0.3, -0.25) is 9.69 Å². The molecule has 0 unspecified atom stereocenters. The van der Waals surface area contributed by atoms with Crippen LogP contribution in [0.25, 0.3) is 0 Å². The van der Waals surface area contributed by atoms with E-state index < -0.39 is 5.97 Å². The van der Waals surface area contributed by atoms with Gasteiger partial charge < -0.3 is 14.6 Å². The molecule has 0 saturated heterocycles. The van der Waals surface area contributed by atoms with Crippen molar-refractivity contribution < 1.29 is 19.4 Å². The molecule has 0 amide bonds. The van der Waals surface area contributed by atoms with E-state index in [4.69, 9.17) is 14.6 Å². The lowest BCUT2D eigenvalue weighted by atomic mass is 10.2. The van der Waals surface area contributed by atoms with E-state index in [1.54, 1.807) is 14.2 Å². The number of rotatable bonds is 7. The molecule has 1 saturated carbocycles. The van der Waals surface area contributed by atoms with E-state index in [-0.39, 0.29) is 6.54 Å². The second kappa shape index (κ2) is 6.45. The highest BCUT2D eigenvalue weighted by molar-refractivity contribution is 9.10. The van der Waals surface area contributed by atoms with E-state index in [9.17, 15) is 4.79 Å². The number of carboxylic acids is 1. The van der Waals surface area contributed by atoms with E-state index in [0.29, 0.717) is 24.1 Å². The molecule has 1 aliphatic carbocycles. The van der Waals surface area contributed by atoms with Gasteiger partial charge in [-0.05, 0) is 30.5 Å². The van der Waals surface area contributed by atoms with Gasteiger partial charge in [0, 0.05) is 17.1 Å². The van der Waals surface area contributed by atoms with Gasteiger partial charge in [0.1, 0.15) is 0 Å². The number of ether oxygens (including phenoxy) is 2. The first-order valence-corrected chi connectivity index (χ1v) is 7.20. The molecule has 0 heterocycles. The zero-order valence-corrected chi connectivity index (χ0v) is 13.1. The van der Waals surface area contributed by atoms with Gasteiger partial charge in [0.25, 0.3) is 0 Å². The first-order valence-electron chi connectivity index (χ1n) is 6.41. The Morgan fingerprint density at radius 3 is 2.45 bits per heavy atom. The number of aliphatic carboxylic acids is 1. The van der Waals surface area contributed by atoms with Crippen LogP contribution in [0, 0.1) is 0 Å². The highest BCUT2D eigenvalue weighted by Crippen LogP contribution is 2.35. The summed E-state index contributed by atoms with van der Waals surface area (Å²) in [6, 6.07) is 4.12. The average molecular weight is 344 g/mol. The largest absolute Gasteiger partial charge is 0.493 e. The zero-order chi connectivity index (χ0) is 14.7. The fraction of sp³-hybridized carbons (Fsp3) is 0.500. The summed E-state index contributed by atoms with van der Waals surface area (Å²) in [5.41, 5.74) is 0.996. The molecule has 0 radical (unpaired) electrons. The van der Waals surface area contributed by atoms with Crippen molar-refractivity contribution in [2.45, 2.75) is 25.4 Å². The summed E-state index contributed by atoms with van der Waals surface area (Å²) in [4.78, 5) is 12.9. The molecular formula is C14H18BrNO4. The summed E-state index contributed by atoms with van der Waals surface area (Å²) < 4.78 is 11.4. The number of hydrogen-bond donors (Lipinski definition) is 1. The minimum atomic E-state index is -0.798. The number of methoxy groups -OCH3 is 2. The Morgan fingerprint density at radius 2 is 1.95 bits per heavy atom. The molecule has 2 rings (SSSR count). The Balaban J connectivity index is 2.20. The van der Waals surface area contributed by atoms with Crippen molar-refractivity contribution in [3.05, 3.63) is 22.2 Å². The topological polar surface area (TPSA) is 59.0 Å². The predicted molar refractivity (Wildman–Crippen MR) is 78.3 cm³/mol. The summed E-state index contributed by atoms with van der Waals surface area (Å²) in [7, 11) is 3.18. The first-order chi connectivity index (χ1) is 9.55. The lowest BCUT2D eigenvalue weighted by Crippen LogP contribution is -2.31. The number of carboxylic acid groups (broad SMARTS) is 1. The second-order valence-corrected chi connectivity index (χ2v) is 5.68. The van der Waals surface area contributed by atoms with Crippen LogP contribution in [0.1, 0.15) is 18.4 Å². The van der Waals surface area contributed by atoms with Gasteiger partial charge in [-0.25, -0.2) is 0 Å². The zero-order valence-electron chi connectivity index (χ0n) is 11.6. The number of hydrogen-bond acceptors (Lipinski definition) is 4. The van der Waals surface area contributed by atoms with Crippen molar-refractivity contribution in [2.24, 2.45) is 0 Å².